The fraction of sp³-hybridized carbons (Fsp3) is 0.125. The molecule has 0 aliphatic rings. The zero-order chi connectivity index (χ0) is 13.9. The number of nitrogens with two attached hydrogens (primary N) is 1. The van der Waals surface area contributed by atoms with E-state index in [1.165, 1.54) is 0 Å². The van der Waals surface area contributed by atoms with Gasteiger partial charge in [-0.3, -0.25) is 9.97 Å². The lowest BCUT2D eigenvalue weighted by Gasteiger charge is -2.12. The fourth-order valence-electron chi connectivity index (χ4n) is 2.09. The van der Waals surface area contributed by atoms with Crippen LogP contribution in [0.3, 0.4) is 0 Å². The van der Waals surface area contributed by atoms with Gasteiger partial charge in [-0.15, -0.1) is 0 Å². The predicted octanol–water partition coefficient (Wildman–Crippen LogP) is 3.19. The molecule has 0 saturated carbocycles. The zero-order valence-electron chi connectivity index (χ0n) is 11.2. The third-order valence-corrected chi connectivity index (χ3v) is 3.13. The highest BCUT2D eigenvalue weighted by molar-refractivity contribution is 5.85. The molecule has 0 bridgehead atoms. The van der Waals surface area contributed by atoms with Crippen LogP contribution in [0, 0.1) is 6.92 Å². The van der Waals surface area contributed by atoms with Gasteiger partial charge in [0.05, 0.1) is 5.52 Å². The van der Waals surface area contributed by atoms with Crippen LogP contribution in [0.25, 0.3) is 10.9 Å². The third-order valence-electron chi connectivity index (χ3n) is 3.13. The second-order valence-corrected chi connectivity index (χ2v) is 4.57. The molecule has 100 valence electrons. The molecule has 2 heterocycles. The average molecular weight is 265 g/mol. The Balaban J connectivity index is 2.07. The van der Waals surface area contributed by atoms with Crippen LogP contribution < -0.4 is 10.5 Å². The van der Waals surface area contributed by atoms with E-state index in [0.29, 0.717) is 6.54 Å². The van der Waals surface area contributed by atoms with Crippen molar-refractivity contribution in [3.63, 3.8) is 0 Å². The molecule has 1 aromatic carbocycles. The van der Waals surface area contributed by atoms with E-state index >= 15 is 0 Å². The Kier molecular flexibility index (Phi) is 3.31. The minimum absolute atomic E-state index is 0.394. The SMILES string of the molecule is Cc1cc(Oc2cccc3ncccc23)c(CN)cn1. The normalized spacial score (nSPS) is 10.7. The Bertz CT molecular complexity index is 750. The smallest absolute Gasteiger partial charge is 0.136 e. The van der Waals surface area contributed by atoms with E-state index < -0.39 is 0 Å². The minimum Gasteiger partial charge on any atom is -0.456 e. The first-order valence-electron chi connectivity index (χ1n) is 6.45. The second-order valence-electron chi connectivity index (χ2n) is 4.57. The van der Waals surface area contributed by atoms with Crippen molar-refractivity contribution in [3.05, 3.63) is 60.0 Å². The quantitative estimate of drug-likeness (QED) is 0.790. The first-order chi connectivity index (χ1) is 9.78. The number of pyridine rings is 2. The van der Waals surface area contributed by atoms with Crippen molar-refractivity contribution >= 4 is 10.9 Å². The Hall–Kier alpha value is -2.46. The summed E-state index contributed by atoms with van der Waals surface area (Å²) in [6.07, 6.45) is 3.53. The van der Waals surface area contributed by atoms with Crippen molar-refractivity contribution in [2.75, 3.05) is 0 Å². The van der Waals surface area contributed by atoms with Gasteiger partial charge in [-0.2, -0.15) is 0 Å². The lowest BCUT2D eigenvalue weighted by molar-refractivity contribution is 0.480. The lowest BCUT2D eigenvalue weighted by atomic mass is 10.2. The number of fused-ring (bicyclic) bond motifs is 1. The van der Waals surface area contributed by atoms with E-state index in [0.717, 1.165) is 33.7 Å². The molecule has 3 rings (SSSR count). The molecule has 3 aromatic rings. The van der Waals surface area contributed by atoms with Crippen LogP contribution in [0.2, 0.25) is 0 Å². The molecule has 0 atom stereocenters. The van der Waals surface area contributed by atoms with Crippen LogP contribution in [0.1, 0.15) is 11.3 Å². The number of rotatable bonds is 3. The first kappa shape index (κ1) is 12.6. The van der Waals surface area contributed by atoms with Crippen LogP contribution in [0.5, 0.6) is 11.5 Å². The minimum atomic E-state index is 0.394. The van der Waals surface area contributed by atoms with E-state index in [9.17, 15) is 0 Å². The van der Waals surface area contributed by atoms with Crippen LogP contribution in [0.4, 0.5) is 0 Å². The highest BCUT2D eigenvalue weighted by Crippen LogP contribution is 2.30. The van der Waals surface area contributed by atoms with Gasteiger partial charge in [-0.05, 0) is 31.2 Å². The molecular formula is C16H15N3O. The number of nitrogens with zero attached hydrogens (tertiary/aromatic N) is 2. The standard InChI is InChI=1S/C16H15N3O/c1-11-8-16(12(9-17)10-19-11)20-15-6-2-5-14-13(15)4-3-7-18-14/h2-8,10H,9,17H2,1H3. The summed E-state index contributed by atoms with van der Waals surface area (Å²) >= 11 is 0. The molecular weight excluding hydrogens is 250 g/mol. The summed E-state index contributed by atoms with van der Waals surface area (Å²) in [6, 6.07) is 11.6. The van der Waals surface area contributed by atoms with Gasteiger partial charge in [-0.1, -0.05) is 6.07 Å². The topological polar surface area (TPSA) is 61.0 Å². The number of hydrogen-bond donors (Lipinski definition) is 1. The van der Waals surface area contributed by atoms with Crippen molar-refractivity contribution < 1.29 is 4.74 Å². The highest BCUT2D eigenvalue weighted by Gasteiger charge is 2.08. The van der Waals surface area contributed by atoms with Crippen molar-refractivity contribution in [1.29, 1.82) is 0 Å². The highest BCUT2D eigenvalue weighted by atomic mass is 16.5. The molecule has 4 nitrogen and oxygen atoms in total. The van der Waals surface area contributed by atoms with Crippen LogP contribution in [0.15, 0.2) is 48.8 Å². The van der Waals surface area contributed by atoms with E-state index in [-0.39, 0.29) is 0 Å². The molecule has 0 aliphatic heterocycles. The summed E-state index contributed by atoms with van der Waals surface area (Å²) in [7, 11) is 0. The fourth-order valence-corrected chi connectivity index (χ4v) is 2.09. The van der Waals surface area contributed by atoms with E-state index in [1.807, 2.05) is 43.3 Å². The summed E-state index contributed by atoms with van der Waals surface area (Å²) in [5, 5.41) is 0.979. The largest absolute Gasteiger partial charge is 0.456 e. The van der Waals surface area contributed by atoms with Gasteiger partial charge in [0.15, 0.2) is 0 Å². The maximum atomic E-state index is 6.03. The Morgan fingerprint density at radius 3 is 2.85 bits per heavy atom. The van der Waals surface area contributed by atoms with E-state index in [1.54, 1.807) is 12.4 Å². The molecule has 0 fully saturated rings. The first-order valence-corrected chi connectivity index (χ1v) is 6.45. The Morgan fingerprint density at radius 2 is 2.00 bits per heavy atom. The van der Waals surface area contributed by atoms with E-state index in [2.05, 4.69) is 9.97 Å². The third kappa shape index (κ3) is 2.33. The number of aryl methyl sites for hydroxylation is 1. The number of ether oxygens (including phenoxy) is 1. The van der Waals surface area contributed by atoms with Crippen molar-refractivity contribution in [3.8, 4) is 11.5 Å². The predicted molar refractivity (Wildman–Crippen MR) is 78.7 cm³/mol. The molecule has 0 amide bonds. The van der Waals surface area contributed by atoms with Crippen LogP contribution in [-0.2, 0) is 6.54 Å². The molecule has 0 aliphatic carbocycles. The Labute approximate surface area is 117 Å². The van der Waals surface area contributed by atoms with Crippen LogP contribution >= 0.6 is 0 Å². The number of benzene rings is 1. The molecule has 2 N–H and O–H groups in total. The summed E-state index contributed by atoms with van der Waals surface area (Å²) in [5.74, 6) is 1.52. The molecule has 0 saturated heterocycles. The summed E-state index contributed by atoms with van der Waals surface area (Å²) < 4.78 is 6.03. The number of aromatic nitrogens is 2. The van der Waals surface area contributed by atoms with Crippen LogP contribution in [-0.4, -0.2) is 9.97 Å². The lowest BCUT2D eigenvalue weighted by Crippen LogP contribution is -2.01. The maximum absolute atomic E-state index is 6.03. The van der Waals surface area contributed by atoms with Crippen molar-refractivity contribution in [1.82, 2.24) is 9.97 Å². The van der Waals surface area contributed by atoms with Gasteiger partial charge < -0.3 is 10.5 Å². The molecule has 4 heteroatoms. The van der Waals surface area contributed by atoms with Gasteiger partial charge >= 0.3 is 0 Å². The van der Waals surface area contributed by atoms with Gasteiger partial charge in [0.1, 0.15) is 11.5 Å². The Morgan fingerprint density at radius 1 is 1.10 bits per heavy atom. The molecule has 2 aromatic heterocycles. The summed E-state index contributed by atoms with van der Waals surface area (Å²) in [6.45, 7) is 2.32. The summed E-state index contributed by atoms with van der Waals surface area (Å²) in [4.78, 5) is 8.57. The van der Waals surface area contributed by atoms with Crippen molar-refractivity contribution in [2.24, 2.45) is 5.73 Å². The van der Waals surface area contributed by atoms with Gasteiger partial charge in [-0.25, -0.2) is 0 Å². The average Bonchev–Trinajstić information content (AvgIpc) is 2.48. The van der Waals surface area contributed by atoms with Gasteiger partial charge in [0.2, 0.25) is 0 Å². The van der Waals surface area contributed by atoms with Crippen molar-refractivity contribution in [2.45, 2.75) is 13.5 Å². The molecule has 0 unspecified atom stereocenters. The monoisotopic (exact) mass is 265 g/mol. The van der Waals surface area contributed by atoms with E-state index in [4.69, 9.17) is 10.5 Å². The molecule has 20 heavy (non-hydrogen) atoms. The zero-order valence-corrected chi connectivity index (χ0v) is 11.2. The van der Waals surface area contributed by atoms with Gasteiger partial charge in [0.25, 0.3) is 0 Å². The second kappa shape index (κ2) is 5.27. The molecule has 0 spiro atoms. The summed E-state index contributed by atoms with van der Waals surface area (Å²) in [5.41, 5.74) is 8.43. The molecule has 0 radical (unpaired) electrons. The maximum Gasteiger partial charge on any atom is 0.136 e. The number of hydrogen-bond acceptors (Lipinski definition) is 4. The van der Waals surface area contributed by atoms with Gasteiger partial charge in [0, 0.05) is 41.6 Å².